The van der Waals surface area contributed by atoms with E-state index in [0.29, 0.717) is 37.6 Å². The second-order valence-corrected chi connectivity index (χ2v) is 4.59. The first kappa shape index (κ1) is 17.6. The van der Waals surface area contributed by atoms with E-state index in [1.54, 1.807) is 34.5 Å². The lowest BCUT2D eigenvalue weighted by Crippen LogP contribution is -2.23. The van der Waals surface area contributed by atoms with Crippen molar-refractivity contribution in [2.45, 2.75) is 19.1 Å². The van der Waals surface area contributed by atoms with Crippen LogP contribution in [0.1, 0.15) is 12.0 Å². The molecule has 1 rings (SSSR count). The average molecular weight is 299 g/mol. The van der Waals surface area contributed by atoms with E-state index in [2.05, 4.69) is 5.32 Å². The molecule has 0 bridgehead atoms. The first-order valence-electron chi connectivity index (χ1n) is 6.82. The Morgan fingerprint density at radius 2 is 1.62 bits per heavy atom. The van der Waals surface area contributed by atoms with E-state index in [4.69, 9.17) is 18.9 Å². The highest BCUT2D eigenvalue weighted by Crippen LogP contribution is 2.34. The molecule has 0 aliphatic heterocycles. The molecule has 0 saturated carbocycles. The summed E-state index contributed by atoms with van der Waals surface area (Å²) in [7, 11) is 6.38. The number of hydrogen-bond donors (Lipinski definition) is 2. The van der Waals surface area contributed by atoms with Crippen molar-refractivity contribution >= 4 is 0 Å². The largest absolute Gasteiger partial charge is 0.496 e. The predicted octanol–water partition coefficient (Wildman–Crippen LogP) is 1.20. The van der Waals surface area contributed by atoms with Gasteiger partial charge in [0.2, 0.25) is 0 Å². The van der Waals surface area contributed by atoms with Crippen molar-refractivity contribution < 1.29 is 24.1 Å². The molecule has 1 aromatic carbocycles. The third kappa shape index (κ3) is 5.41. The van der Waals surface area contributed by atoms with Gasteiger partial charge in [-0.15, -0.1) is 0 Å². The lowest BCUT2D eigenvalue weighted by molar-refractivity contribution is 0.0594. The Morgan fingerprint density at radius 3 is 2.19 bits per heavy atom. The van der Waals surface area contributed by atoms with Crippen LogP contribution in [0.3, 0.4) is 0 Å². The van der Waals surface area contributed by atoms with Crippen LogP contribution in [0.4, 0.5) is 0 Å². The molecule has 0 spiro atoms. The second kappa shape index (κ2) is 9.44. The van der Waals surface area contributed by atoms with Crippen LogP contribution in [-0.2, 0) is 11.3 Å². The van der Waals surface area contributed by atoms with E-state index in [1.807, 2.05) is 6.07 Å². The van der Waals surface area contributed by atoms with Crippen LogP contribution in [-0.4, -0.2) is 52.8 Å². The van der Waals surface area contributed by atoms with Crippen molar-refractivity contribution in [3.05, 3.63) is 17.7 Å². The Morgan fingerprint density at radius 1 is 1.00 bits per heavy atom. The normalized spacial score (nSPS) is 12.0. The average Bonchev–Trinajstić information content (AvgIpc) is 2.51. The summed E-state index contributed by atoms with van der Waals surface area (Å²) in [5, 5.41) is 12.8. The standard InChI is InChI=1S/C15H25NO5/c1-18-10-12(17)5-6-16-9-11-7-14(20-3)15(21-4)8-13(11)19-2/h7-8,12,16-17H,5-6,9-10H2,1-4H3. The fourth-order valence-corrected chi connectivity index (χ4v) is 2.00. The smallest absolute Gasteiger partial charge is 0.164 e. The number of methoxy groups -OCH3 is 4. The first-order valence-corrected chi connectivity index (χ1v) is 6.82. The summed E-state index contributed by atoms with van der Waals surface area (Å²) in [4.78, 5) is 0. The Hall–Kier alpha value is -1.50. The summed E-state index contributed by atoms with van der Waals surface area (Å²) >= 11 is 0. The third-order valence-corrected chi connectivity index (χ3v) is 3.12. The van der Waals surface area contributed by atoms with Crippen LogP contribution in [0.25, 0.3) is 0 Å². The molecule has 0 heterocycles. The summed E-state index contributed by atoms with van der Waals surface area (Å²) in [5.41, 5.74) is 0.969. The van der Waals surface area contributed by atoms with Gasteiger partial charge in [0.15, 0.2) is 11.5 Å². The molecule has 0 amide bonds. The number of aliphatic hydroxyl groups excluding tert-OH is 1. The molecule has 0 saturated heterocycles. The van der Waals surface area contributed by atoms with Crippen molar-refractivity contribution in [3.63, 3.8) is 0 Å². The van der Waals surface area contributed by atoms with Gasteiger partial charge in [0.25, 0.3) is 0 Å². The van der Waals surface area contributed by atoms with Gasteiger partial charge in [-0.1, -0.05) is 0 Å². The zero-order valence-corrected chi connectivity index (χ0v) is 13.1. The van der Waals surface area contributed by atoms with Crippen molar-refractivity contribution in [1.29, 1.82) is 0 Å². The highest BCUT2D eigenvalue weighted by molar-refractivity contribution is 5.50. The van der Waals surface area contributed by atoms with Crippen LogP contribution in [0, 0.1) is 0 Å². The number of benzene rings is 1. The minimum Gasteiger partial charge on any atom is -0.496 e. The number of nitrogens with one attached hydrogen (secondary N) is 1. The van der Waals surface area contributed by atoms with Crippen molar-refractivity contribution in [2.24, 2.45) is 0 Å². The fourth-order valence-electron chi connectivity index (χ4n) is 2.00. The number of hydrogen-bond acceptors (Lipinski definition) is 6. The Balaban J connectivity index is 2.61. The quantitative estimate of drug-likeness (QED) is 0.633. The van der Waals surface area contributed by atoms with E-state index >= 15 is 0 Å². The Bertz CT molecular complexity index is 425. The second-order valence-electron chi connectivity index (χ2n) is 4.59. The SMILES string of the molecule is COCC(O)CCNCc1cc(OC)c(OC)cc1OC. The van der Waals surface area contributed by atoms with Gasteiger partial charge in [-0.2, -0.15) is 0 Å². The molecule has 0 aromatic heterocycles. The van der Waals surface area contributed by atoms with Gasteiger partial charge in [0, 0.05) is 25.3 Å². The van der Waals surface area contributed by atoms with Crippen LogP contribution in [0.2, 0.25) is 0 Å². The molecule has 21 heavy (non-hydrogen) atoms. The molecular weight excluding hydrogens is 274 g/mol. The first-order chi connectivity index (χ1) is 10.2. The highest BCUT2D eigenvalue weighted by atomic mass is 16.5. The molecule has 0 fully saturated rings. The summed E-state index contributed by atoms with van der Waals surface area (Å²) in [6.45, 7) is 1.65. The molecule has 0 radical (unpaired) electrons. The van der Waals surface area contributed by atoms with Crippen LogP contribution in [0.15, 0.2) is 12.1 Å². The Labute approximate surface area is 126 Å². The van der Waals surface area contributed by atoms with Gasteiger partial charge in [0.1, 0.15) is 5.75 Å². The topological polar surface area (TPSA) is 69.2 Å². The lowest BCUT2D eigenvalue weighted by Gasteiger charge is -2.15. The van der Waals surface area contributed by atoms with Crippen LogP contribution >= 0.6 is 0 Å². The van der Waals surface area contributed by atoms with Gasteiger partial charge in [0.05, 0.1) is 34.0 Å². The van der Waals surface area contributed by atoms with E-state index in [1.165, 1.54) is 0 Å². The summed E-state index contributed by atoms with van der Waals surface area (Å²) in [5.74, 6) is 2.03. The molecule has 1 unspecified atom stereocenters. The minimum absolute atomic E-state index is 0.349. The van der Waals surface area contributed by atoms with Gasteiger partial charge in [-0.3, -0.25) is 0 Å². The number of aliphatic hydroxyl groups is 1. The van der Waals surface area contributed by atoms with Gasteiger partial charge >= 0.3 is 0 Å². The maximum atomic E-state index is 9.57. The molecule has 6 nitrogen and oxygen atoms in total. The maximum absolute atomic E-state index is 9.57. The summed E-state index contributed by atoms with van der Waals surface area (Å²) in [6.07, 6.45) is 0.179. The molecular formula is C15H25NO5. The number of rotatable bonds is 10. The lowest BCUT2D eigenvalue weighted by atomic mass is 10.1. The monoisotopic (exact) mass is 299 g/mol. The van der Waals surface area contributed by atoms with Crippen molar-refractivity contribution in [2.75, 3.05) is 41.6 Å². The molecule has 0 aliphatic carbocycles. The zero-order chi connectivity index (χ0) is 15.7. The summed E-state index contributed by atoms with van der Waals surface area (Å²) < 4.78 is 20.8. The molecule has 120 valence electrons. The predicted molar refractivity (Wildman–Crippen MR) is 80.3 cm³/mol. The molecule has 2 N–H and O–H groups in total. The van der Waals surface area contributed by atoms with E-state index in [0.717, 1.165) is 11.3 Å². The minimum atomic E-state index is -0.449. The van der Waals surface area contributed by atoms with Gasteiger partial charge in [-0.25, -0.2) is 0 Å². The number of ether oxygens (including phenoxy) is 4. The summed E-state index contributed by atoms with van der Waals surface area (Å²) in [6, 6.07) is 3.69. The molecule has 1 atom stereocenters. The van der Waals surface area contributed by atoms with Crippen molar-refractivity contribution in [1.82, 2.24) is 5.32 Å². The van der Waals surface area contributed by atoms with Crippen LogP contribution in [0.5, 0.6) is 17.2 Å². The van der Waals surface area contributed by atoms with E-state index < -0.39 is 6.10 Å². The molecule has 6 heteroatoms. The highest BCUT2D eigenvalue weighted by Gasteiger charge is 2.11. The van der Waals surface area contributed by atoms with Crippen LogP contribution < -0.4 is 19.5 Å². The Kier molecular flexibility index (Phi) is 7.89. The van der Waals surface area contributed by atoms with E-state index in [-0.39, 0.29) is 0 Å². The molecule has 1 aromatic rings. The van der Waals surface area contributed by atoms with Gasteiger partial charge in [-0.05, 0) is 19.0 Å². The third-order valence-electron chi connectivity index (χ3n) is 3.12. The van der Waals surface area contributed by atoms with Crippen molar-refractivity contribution in [3.8, 4) is 17.2 Å². The zero-order valence-electron chi connectivity index (χ0n) is 13.1. The maximum Gasteiger partial charge on any atom is 0.164 e. The van der Waals surface area contributed by atoms with E-state index in [9.17, 15) is 5.11 Å². The van der Waals surface area contributed by atoms with Gasteiger partial charge < -0.3 is 29.4 Å². The fraction of sp³-hybridized carbons (Fsp3) is 0.600. The molecule has 0 aliphatic rings.